The molecule has 2 nitrogen and oxygen atoms in total. The maximum absolute atomic E-state index is 6.68. The first kappa shape index (κ1) is 21.7. The highest BCUT2D eigenvalue weighted by atomic mass is 32.2. The summed E-state index contributed by atoms with van der Waals surface area (Å²) in [7, 11) is 0. The molecule has 4 aromatic rings. The van der Waals surface area contributed by atoms with Crippen molar-refractivity contribution in [3.8, 4) is 11.5 Å². The predicted molar refractivity (Wildman–Crippen MR) is 155 cm³/mol. The first-order chi connectivity index (χ1) is 18.1. The fourth-order valence-electron chi connectivity index (χ4n) is 7.11. The Balaban J connectivity index is 1.32. The van der Waals surface area contributed by atoms with Crippen molar-refractivity contribution in [1.82, 2.24) is 0 Å². The number of anilines is 2. The minimum absolute atomic E-state index is 0.0619. The summed E-state index contributed by atoms with van der Waals surface area (Å²) in [6.45, 7) is 5.03. The molecule has 180 valence electrons. The summed E-state index contributed by atoms with van der Waals surface area (Å²) in [5, 5.41) is 0. The van der Waals surface area contributed by atoms with Gasteiger partial charge in [0, 0.05) is 38.3 Å². The zero-order chi connectivity index (χ0) is 24.7. The van der Waals surface area contributed by atoms with Crippen molar-refractivity contribution < 1.29 is 4.74 Å². The van der Waals surface area contributed by atoms with Crippen LogP contribution in [0, 0.1) is 0 Å². The summed E-state index contributed by atoms with van der Waals surface area (Å²) >= 11 is 1.86. The Kier molecular flexibility index (Phi) is 4.58. The second kappa shape index (κ2) is 7.82. The molecule has 0 amide bonds. The fraction of sp³-hybridized carbons (Fsp3) is 0.212. The van der Waals surface area contributed by atoms with Crippen LogP contribution in [0.2, 0.25) is 0 Å². The molecule has 0 saturated heterocycles. The van der Waals surface area contributed by atoms with Crippen LogP contribution in [0.4, 0.5) is 11.4 Å². The molecule has 4 aromatic carbocycles. The summed E-state index contributed by atoms with van der Waals surface area (Å²) in [6.07, 6.45) is 4.84. The zero-order valence-electron chi connectivity index (χ0n) is 21.3. The second-order valence-electron chi connectivity index (χ2n) is 11.2. The van der Waals surface area contributed by atoms with Crippen LogP contribution in [0.1, 0.15) is 45.1 Å². The van der Waals surface area contributed by atoms with Crippen molar-refractivity contribution in [1.29, 1.82) is 0 Å². The minimum atomic E-state index is 0.0619. The summed E-state index contributed by atoms with van der Waals surface area (Å²) < 4.78 is 6.68. The Morgan fingerprint density at radius 3 is 2.54 bits per heavy atom. The van der Waals surface area contributed by atoms with Gasteiger partial charge in [0.05, 0.1) is 0 Å². The van der Waals surface area contributed by atoms with E-state index in [1.165, 1.54) is 68.1 Å². The first-order valence-electron chi connectivity index (χ1n) is 13.4. The van der Waals surface area contributed by atoms with Crippen LogP contribution in [-0.2, 0) is 5.41 Å². The summed E-state index contributed by atoms with van der Waals surface area (Å²) in [4.78, 5) is 5.19. The van der Waals surface area contributed by atoms with E-state index in [-0.39, 0.29) is 12.1 Å². The standard InChI is InChI=1S/C33H28BNOS/c1-33(2)22-10-3-6-13-26(22)35(27-14-7-4-11-23(27)33)21-18-19-24-29(20-21)36-28-15-9-17-31-32(28)34(24)25-12-5-8-16-30(25)37-31/h3,5-6,8-10,12-13,15-20H,4,7,11,14H2,1-2H3. The lowest BCUT2D eigenvalue weighted by molar-refractivity contribution is 0.486. The molecule has 0 radical (unpaired) electrons. The molecular formula is C33H28BNOS. The molecule has 0 atom stereocenters. The summed E-state index contributed by atoms with van der Waals surface area (Å²) in [6, 6.07) is 31.3. The SMILES string of the molecule is CC1(C)C2=C(CCCC2)N(c2ccc3c(c2)Oc2cccc4c2B3c2ccccc2S4)c2ccccc21. The predicted octanol–water partition coefficient (Wildman–Crippen LogP) is 7.03. The highest BCUT2D eigenvalue weighted by Crippen LogP contribution is 2.52. The van der Waals surface area contributed by atoms with E-state index >= 15 is 0 Å². The van der Waals surface area contributed by atoms with Gasteiger partial charge in [-0.2, -0.15) is 0 Å². The number of hydrogen-bond donors (Lipinski definition) is 0. The van der Waals surface area contributed by atoms with E-state index in [1.807, 2.05) is 11.8 Å². The van der Waals surface area contributed by atoms with Crippen molar-refractivity contribution in [2.75, 3.05) is 4.90 Å². The van der Waals surface area contributed by atoms with E-state index in [1.54, 1.807) is 5.57 Å². The van der Waals surface area contributed by atoms with Crippen LogP contribution in [0.3, 0.4) is 0 Å². The van der Waals surface area contributed by atoms with E-state index in [0.717, 1.165) is 17.9 Å². The normalized spacial score (nSPS) is 18.2. The quantitative estimate of drug-likeness (QED) is 0.226. The first-order valence-corrected chi connectivity index (χ1v) is 14.3. The van der Waals surface area contributed by atoms with Gasteiger partial charge in [0.25, 0.3) is 6.71 Å². The Bertz CT molecular complexity index is 1640. The van der Waals surface area contributed by atoms with Gasteiger partial charge in [-0.05, 0) is 78.1 Å². The van der Waals surface area contributed by atoms with Crippen LogP contribution in [0.25, 0.3) is 0 Å². The fourth-order valence-corrected chi connectivity index (χ4v) is 8.27. The van der Waals surface area contributed by atoms with Gasteiger partial charge in [-0.1, -0.05) is 79.6 Å². The van der Waals surface area contributed by atoms with E-state index in [2.05, 4.69) is 104 Å². The number of benzene rings is 4. The third kappa shape index (κ3) is 3.02. The van der Waals surface area contributed by atoms with Gasteiger partial charge in [0.15, 0.2) is 0 Å². The van der Waals surface area contributed by atoms with Crippen molar-refractivity contribution in [3.05, 3.63) is 102 Å². The minimum Gasteiger partial charge on any atom is -0.458 e. The molecule has 4 aliphatic rings. The molecule has 37 heavy (non-hydrogen) atoms. The third-order valence-corrected chi connectivity index (χ3v) is 10.00. The highest BCUT2D eigenvalue weighted by molar-refractivity contribution is 8.00. The van der Waals surface area contributed by atoms with Gasteiger partial charge in [-0.3, -0.25) is 0 Å². The average Bonchev–Trinajstić information content (AvgIpc) is 2.93. The topological polar surface area (TPSA) is 12.5 Å². The smallest absolute Gasteiger partial charge is 0.253 e. The molecule has 0 bridgehead atoms. The van der Waals surface area contributed by atoms with Gasteiger partial charge >= 0.3 is 0 Å². The number of ether oxygens (including phenoxy) is 1. The van der Waals surface area contributed by atoms with Gasteiger partial charge < -0.3 is 9.64 Å². The molecule has 1 aliphatic carbocycles. The monoisotopic (exact) mass is 497 g/mol. The molecule has 8 rings (SSSR count). The number of allylic oxidation sites excluding steroid dienone is 2. The van der Waals surface area contributed by atoms with Gasteiger partial charge in [0.2, 0.25) is 0 Å². The van der Waals surface area contributed by atoms with Crippen molar-refractivity contribution in [3.63, 3.8) is 0 Å². The Morgan fingerprint density at radius 1 is 0.784 bits per heavy atom. The molecule has 0 saturated carbocycles. The zero-order valence-corrected chi connectivity index (χ0v) is 22.1. The van der Waals surface area contributed by atoms with Gasteiger partial charge in [-0.15, -0.1) is 0 Å². The molecule has 0 fully saturated rings. The van der Waals surface area contributed by atoms with Gasteiger partial charge in [-0.25, -0.2) is 0 Å². The van der Waals surface area contributed by atoms with Gasteiger partial charge in [0.1, 0.15) is 11.5 Å². The highest BCUT2D eigenvalue weighted by Gasteiger charge is 2.41. The lowest BCUT2D eigenvalue weighted by Crippen LogP contribution is -2.57. The number of fused-ring (bicyclic) bond motifs is 5. The second-order valence-corrected chi connectivity index (χ2v) is 12.3. The molecular weight excluding hydrogens is 469 g/mol. The number of rotatable bonds is 1. The Hall–Kier alpha value is -3.37. The molecule has 4 heteroatoms. The summed E-state index contributed by atoms with van der Waals surface area (Å²) in [5.74, 6) is 1.97. The number of hydrogen-bond acceptors (Lipinski definition) is 3. The molecule has 0 N–H and O–H groups in total. The lowest BCUT2D eigenvalue weighted by Gasteiger charge is -2.46. The van der Waals surface area contributed by atoms with Crippen LogP contribution in [0.5, 0.6) is 11.5 Å². The molecule has 3 heterocycles. The van der Waals surface area contributed by atoms with Crippen molar-refractivity contribution >= 4 is 46.2 Å². The Labute approximate surface area is 223 Å². The maximum atomic E-state index is 6.68. The number of para-hydroxylation sites is 1. The molecule has 0 spiro atoms. The summed E-state index contributed by atoms with van der Waals surface area (Å²) in [5.41, 5.74) is 11.0. The van der Waals surface area contributed by atoms with Crippen LogP contribution in [0.15, 0.2) is 106 Å². The average molecular weight is 497 g/mol. The van der Waals surface area contributed by atoms with Crippen LogP contribution in [-0.4, -0.2) is 6.71 Å². The molecule has 0 unspecified atom stereocenters. The van der Waals surface area contributed by atoms with Crippen LogP contribution >= 0.6 is 11.8 Å². The van der Waals surface area contributed by atoms with E-state index in [9.17, 15) is 0 Å². The molecule has 0 aromatic heterocycles. The Morgan fingerprint density at radius 2 is 1.59 bits per heavy atom. The van der Waals surface area contributed by atoms with E-state index in [4.69, 9.17) is 4.74 Å². The maximum Gasteiger partial charge on any atom is 0.253 e. The van der Waals surface area contributed by atoms with E-state index in [0.29, 0.717) is 0 Å². The van der Waals surface area contributed by atoms with Crippen molar-refractivity contribution in [2.24, 2.45) is 0 Å². The largest absolute Gasteiger partial charge is 0.458 e. The number of nitrogens with zero attached hydrogens (tertiary/aromatic N) is 1. The molecule has 3 aliphatic heterocycles. The lowest BCUT2D eigenvalue weighted by atomic mass is 9.35. The third-order valence-electron chi connectivity index (χ3n) is 8.83. The van der Waals surface area contributed by atoms with Crippen LogP contribution < -0.4 is 26.0 Å². The van der Waals surface area contributed by atoms with Crippen molar-refractivity contribution in [2.45, 2.75) is 54.7 Å². The van der Waals surface area contributed by atoms with E-state index < -0.39 is 0 Å².